The molecule has 2 aromatic rings. The van der Waals surface area contributed by atoms with Gasteiger partial charge in [-0.2, -0.15) is 0 Å². The summed E-state index contributed by atoms with van der Waals surface area (Å²) in [5.41, 5.74) is 0.254. The number of carbonyl (C=O) groups is 1. The molecule has 1 N–H and O–H groups in total. The number of piperazine rings is 1. The van der Waals surface area contributed by atoms with Crippen molar-refractivity contribution in [1.29, 1.82) is 0 Å². The van der Waals surface area contributed by atoms with Crippen LogP contribution in [0.25, 0.3) is 10.9 Å². The minimum absolute atomic E-state index is 0.0239. The Kier molecular flexibility index (Phi) is 4.82. The van der Waals surface area contributed by atoms with Crippen molar-refractivity contribution in [2.45, 2.75) is 0 Å². The Bertz CT molecular complexity index is 962. The third-order valence-corrected chi connectivity index (χ3v) is 5.11. The molecular weight excluding hydrogens is 368 g/mol. The van der Waals surface area contributed by atoms with Crippen LogP contribution in [0.1, 0.15) is 0 Å². The second-order valence-corrected chi connectivity index (χ2v) is 6.70. The minimum Gasteiger partial charge on any atom is -0.378 e. The molecule has 148 valence electrons. The lowest BCUT2D eigenvalue weighted by atomic mass is 10.1. The highest BCUT2D eigenvalue weighted by Crippen LogP contribution is 2.32. The van der Waals surface area contributed by atoms with E-state index in [1.807, 2.05) is 4.90 Å². The van der Waals surface area contributed by atoms with Crippen molar-refractivity contribution in [2.75, 3.05) is 57.4 Å². The standard InChI is InChI=1S/C17H20N6O5/c24-16-12-9-15(23(26)27)14(10-13(12)18-11-19-16)20-1-3-21(4-2-20)17(25)22-5-7-28-8-6-22/h9-11H,1-8H2,(H,18,19,24). The summed E-state index contributed by atoms with van der Waals surface area (Å²) < 4.78 is 5.28. The molecule has 11 nitrogen and oxygen atoms in total. The number of H-pyrrole nitrogens is 1. The van der Waals surface area contributed by atoms with Gasteiger partial charge in [-0.3, -0.25) is 14.9 Å². The topological polar surface area (TPSA) is 125 Å². The number of nitrogens with zero attached hydrogens (tertiary/aromatic N) is 5. The van der Waals surface area contributed by atoms with Crippen molar-refractivity contribution >= 4 is 28.3 Å². The van der Waals surface area contributed by atoms with E-state index in [2.05, 4.69) is 9.97 Å². The van der Waals surface area contributed by atoms with Crippen LogP contribution < -0.4 is 10.5 Å². The number of carbonyl (C=O) groups excluding carboxylic acids is 1. The molecule has 2 fully saturated rings. The molecular formula is C17H20N6O5. The summed E-state index contributed by atoms with van der Waals surface area (Å²) in [5, 5.41) is 11.7. The first-order chi connectivity index (χ1) is 13.5. The Morgan fingerprint density at radius 3 is 2.46 bits per heavy atom. The van der Waals surface area contributed by atoms with E-state index in [1.54, 1.807) is 15.9 Å². The number of benzene rings is 1. The van der Waals surface area contributed by atoms with Crippen molar-refractivity contribution in [2.24, 2.45) is 0 Å². The number of ether oxygens (including phenoxy) is 1. The van der Waals surface area contributed by atoms with Crippen LogP contribution in [0.15, 0.2) is 23.3 Å². The lowest BCUT2D eigenvalue weighted by Crippen LogP contribution is -2.54. The molecule has 0 radical (unpaired) electrons. The van der Waals surface area contributed by atoms with E-state index in [9.17, 15) is 19.7 Å². The average molecular weight is 388 g/mol. The molecule has 0 aliphatic carbocycles. The quantitative estimate of drug-likeness (QED) is 0.583. The van der Waals surface area contributed by atoms with Gasteiger partial charge >= 0.3 is 6.03 Å². The first-order valence-electron chi connectivity index (χ1n) is 9.07. The Morgan fingerprint density at radius 2 is 1.79 bits per heavy atom. The van der Waals surface area contributed by atoms with Crippen molar-refractivity contribution < 1.29 is 14.5 Å². The largest absolute Gasteiger partial charge is 0.378 e. The zero-order valence-electron chi connectivity index (χ0n) is 15.2. The van der Waals surface area contributed by atoms with E-state index in [4.69, 9.17) is 4.74 Å². The molecule has 4 rings (SSSR count). The maximum absolute atomic E-state index is 12.6. The van der Waals surface area contributed by atoms with Gasteiger partial charge in [-0.05, 0) is 6.07 Å². The van der Waals surface area contributed by atoms with Crippen molar-refractivity contribution in [1.82, 2.24) is 19.8 Å². The first-order valence-corrected chi connectivity index (χ1v) is 9.07. The van der Waals surface area contributed by atoms with E-state index < -0.39 is 10.5 Å². The lowest BCUT2D eigenvalue weighted by molar-refractivity contribution is -0.384. The molecule has 2 amide bonds. The van der Waals surface area contributed by atoms with Gasteiger partial charge in [-0.15, -0.1) is 0 Å². The number of aromatic amines is 1. The molecule has 0 spiro atoms. The number of urea groups is 1. The minimum atomic E-state index is -0.494. The molecule has 0 atom stereocenters. The van der Waals surface area contributed by atoms with Crippen molar-refractivity contribution in [3.63, 3.8) is 0 Å². The van der Waals surface area contributed by atoms with Gasteiger partial charge in [0.2, 0.25) is 0 Å². The van der Waals surface area contributed by atoms with Crippen LogP contribution in [-0.4, -0.2) is 83.2 Å². The van der Waals surface area contributed by atoms with Gasteiger partial charge in [-0.25, -0.2) is 9.78 Å². The van der Waals surface area contributed by atoms with Crippen LogP contribution >= 0.6 is 0 Å². The molecule has 11 heteroatoms. The molecule has 0 saturated carbocycles. The number of anilines is 1. The SMILES string of the molecule is O=C(N1CCOCC1)N1CCN(c2cc3nc[nH]c(=O)c3cc2[N+](=O)[O-])CC1. The maximum Gasteiger partial charge on any atom is 0.320 e. The number of fused-ring (bicyclic) bond motifs is 1. The second kappa shape index (κ2) is 7.43. The highest BCUT2D eigenvalue weighted by molar-refractivity contribution is 5.87. The van der Waals surface area contributed by atoms with Gasteiger partial charge in [-0.1, -0.05) is 0 Å². The van der Waals surface area contributed by atoms with E-state index in [0.29, 0.717) is 63.7 Å². The number of morpholine rings is 1. The molecule has 0 unspecified atom stereocenters. The number of hydrogen-bond acceptors (Lipinski definition) is 7. The van der Waals surface area contributed by atoms with E-state index in [0.717, 1.165) is 0 Å². The lowest BCUT2D eigenvalue weighted by Gasteiger charge is -2.39. The zero-order valence-corrected chi connectivity index (χ0v) is 15.2. The molecule has 0 bridgehead atoms. The van der Waals surface area contributed by atoms with E-state index >= 15 is 0 Å². The molecule has 1 aromatic carbocycles. The van der Waals surface area contributed by atoms with Gasteiger partial charge in [0.25, 0.3) is 11.2 Å². The summed E-state index contributed by atoms with van der Waals surface area (Å²) in [6.07, 6.45) is 1.28. The molecule has 28 heavy (non-hydrogen) atoms. The smallest absolute Gasteiger partial charge is 0.320 e. The summed E-state index contributed by atoms with van der Waals surface area (Å²) in [6, 6.07) is 2.81. The first kappa shape index (κ1) is 18.2. The van der Waals surface area contributed by atoms with Crippen LogP contribution in [0.5, 0.6) is 0 Å². The number of hydrogen-bond donors (Lipinski definition) is 1. The number of nitro benzene ring substituents is 1. The number of rotatable bonds is 2. The zero-order chi connectivity index (χ0) is 19.7. The van der Waals surface area contributed by atoms with Crippen LogP contribution in [0.2, 0.25) is 0 Å². The Labute approximate surface area is 159 Å². The third-order valence-electron chi connectivity index (χ3n) is 5.11. The molecule has 2 aliphatic rings. The van der Waals surface area contributed by atoms with E-state index in [1.165, 1.54) is 12.4 Å². The monoisotopic (exact) mass is 388 g/mol. The van der Waals surface area contributed by atoms with Gasteiger partial charge < -0.3 is 24.4 Å². The van der Waals surface area contributed by atoms with Gasteiger partial charge in [0.15, 0.2) is 0 Å². The summed E-state index contributed by atoms with van der Waals surface area (Å²) in [6.45, 7) is 4.10. The fourth-order valence-corrected chi connectivity index (χ4v) is 3.59. The van der Waals surface area contributed by atoms with Crippen LogP contribution in [0, 0.1) is 10.1 Å². The van der Waals surface area contributed by atoms with Gasteiger partial charge in [0, 0.05) is 45.3 Å². The fraction of sp³-hybridized carbons (Fsp3) is 0.471. The molecule has 2 saturated heterocycles. The summed E-state index contributed by atoms with van der Waals surface area (Å²) in [7, 11) is 0. The highest BCUT2D eigenvalue weighted by Gasteiger charge is 2.29. The van der Waals surface area contributed by atoms with E-state index in [-0.39, 0.29) is 17.1 Å². The van der Waals surface area contributed by atoms with Crippen molar-refractivity contribution in [3.8, 4) is 0 Å². The number of nitrogens with one attached hydrogen (secondary N) is 1. The Morgan fingerprint density at radius 1 is 1.11 bits per heavy atom. The second-order valence-electron chi connectivity index (χ2n) is 6.70. The molecule has 1 aromatic heterocycles. The normalized spacial score (nSPS) is 17.8. The summed E-state index contributed by atoms with van der Waals surface area (Å²) in [4.78, 5) is 47.5. The van der Waals surface area contributed by atoms with Crippen LogP contribution in [-0.2, 0) is 4.74 Å². The highest BCUT2D eigenvalue weighted by atomic mass is 16.6. The Hall–Kier alpha value is -3.21. The van der Waals surface area contributed by atoms with Crippen molar-refractivity contribution in [3.05, 3.63) is 38.9 Å². The predicted molar refractivity (Wildman–Crippen MR) is 101 cm³/mol. The van der Waals surface area contributed by atoms with Crippen LogP contribution in [0.4, 0.5) is 16.2 Å². The fourth-order valence-electron chi connectivity index (χ4n) is 3.59. The van der Waals surface area contributed by atoms with Crippen LogP contribution in [0.3, 0.4) is 0 Å². The molecule has 2 aliphatic heterocycles. The Balaban J connectivity index is 1.55. The third kappa shape index (κ3) is 3.36. The average Bonchev–Trinajstić information content (AvgIpc) is 2.73. The summed E-state index contributed by atoms with van der Waals surface area (Å²) >= 11 is 0. The number of nitro groups is 1. The van der Waals surface area contributed by atoms with Gasteiger partial charge in [0.1, 0.15) is 5.69 Å². The molecule has 3 heterocycles. The maximum atomic E-state index is 12.6. The van der Waals surface area contributed by atoms with Gasteiger partial charge in [0.05, 0.1) is 35.4 Å². The number of amides is 2. The number of aromatic nitrogens is 2. The summed E-state index contributed by atoms with van der Waals surface area (Å²) in [5.74, 6) is 0. The predicted octanol–water partition coefficient (Wildman–Crippen LogP) is 0.405.